The topological polar surface area (TPSA) is 22.0 Å². The van der Waals surface area contributed by atoms with Gasteiger partial charge in [0.15, 0.2) is 6.29 Å². The number of halogens is 1. The number of hydrogen-bond donors (Lipinski definition) is 0. The van der Waals surface area contributed by atoms with Crippen molar-refractivity contribution in [1.82, 2.24) is 4.57 Å². The highest BCUT2D eigenvalue weighted by Gasteiger charge is 2.15. The molecule has 2 aromatic rings. The second-order valence-electron chi connectivity index (χ2n) is 3.95. The van der Waals surface area contributed by atoms with E-state index in [9.17, 15) is 4.79 Å². The summed E-state index contributed by atoms with van der Waals surface area (Å²) in [5, 5.41) is 1.51. The smallest absolute Gasteiger partial charge is 0.153 e. The van der Waals surface area contributed by atoms with E-state index >= 15 is 0 Å². The molecule has 0 bridgehead atoms. The molecule has 0 N–H and O–H groups in total. The van der Waals surface area contributed by atoms with Crippen molar-refractivity contribution in [2.24, 2.45) is 0 Å². The second-order valence-corrected chi connectivity index (χ2v) is 4.30. The fraction of sp³-hybridized carbons (Fsp3) is 0.308. The van der Waals surface area contributed by atoms with Crippen LogP contribution in [0.3, 0.4) is 0 Å². The van der Waals surface area contributed by atoms with Crippen molar-refractivity contribution >= 4 is 28.8 Å². The Labute approximate surface area is 99.8 Å². The van der Waals surface area contributed by atoms with Crippen LogP contribution < -0.4 is 0 Å². The number of aldehydes is 1. The summed E-state index contributed by atoms with van der Waals surface area (Å²) in [6, 6.07) is 5.95. The Morgan fingerprint density at radius 2 is 2.19 bits per heavy atom. The predicted molar refractivity (Wildman–Crippen MR) is 67.4 cm³/mol. The molecule has 2 rings (SSSR count). The van der Waals surface area contributed by atoms with Crippen molar-refractivity contribution < 1.29 is 4.79 Å². The van der Waals surface area contributed by atoms with Gasteiger partial charge in [-0.1, -0.05) is 36.7 Å². The normalized spacial score (nSPS) is 10.9. The summed E-state index contributed by atoms with van der Waals surface area (Å²) in [7, 11) is 0. The number of para-hydroxylation sites is 1. The molecular formula is C13H14ClNO. The lowest BCUT2D eigenvalue weighted by atomic mass is 10.1. The average molecular weight is 236 g/mol. The third-order valence-electron chi connectivity index (χ3n) is 2.82. The molecule has 84 valence electrons. The summed E-state index contributed by atoms with van der Waals surface area (Å²) in [6.45, 7) is 4.98. The standard InChI is InChI=1S/C13H14ClNO/c1-3-7-15-12-9(2)5-4-6-10(12)11(8-16)13(15)14/h4-6,8H,3,7H2,1-2H3. The minimum absolute atomic E-state index is 0.557. The van der Waals surface area contributed by atoms with Gasteiger partial charge in [-0.15, -0.1) is 0 Å². The molecule has 0 aliphatic heterocycles. The van der Waals surface area contributed by atoms with Gasteiger partial charge < -0.3 is 4.57 Å². The maximum Gasteiger partial charge on any atom is 0.153 e. The van der Waals surface area contributed by atoms with E-state index < -0.39 is 0 Å². The Hall–Kier alpha value is -1.28. The van der Waals surface area contributed by atoms with Gasteiger partial charge in [-0.25, -0.2) is 0 Å². The molecule has 0 saturated carbocycles. The molecule has 2 nitrogen and oxygen atoms in total. The van der Waals surface area contributed by atoms with E-state index in [0.29, 0.717) is 10.7 Å². The van der Waals surface area contributed by atoms with Gasteiger partial charge in [-0.05, 0) is 18.9 Å². The Balaban J connectivity index is 2.86. The van der Waals surface area contributed by atoms with Gasteiger partial charge in [0.25, 0.3) is 0 Å². The van der Waals surface area contributed by atoms with Gasteiger partial charge >= 0.3 is 0 Å². The summed E-state index contributed by atoms with van der Waals surface area (Å²) in [4.78, 5) is 11.1. The Morgan fingerprint density at radius 3 is 2.81 bits per heavy atom. The number of benzene rings is 1. The van der Waals surface area contributed by atoms with Gasteiger partial charge in [-0.3, -0.25) is 4.79 Å². The lowest BCUT2D eigenvalue weighted by Gasteiger charge is -2.06. The van der Waals surface area contributed by atoms with Crippen LogP contribution in [-0.4, -0.2) is 10.9 Å². The molecule has 0 spiro atoms. The molecule has 1 aromatic heterocycles. The number of rotatable bonds is 3. The van der Waals surface area contributed by atoms with E-state index in [2.05, 4.69) is 6.92 Å². The highest BCUT2D eigenvalue weighted by Crippen LogP contribution is 2.31. The van der Waals surface area contributed by atoms with Crippen LogP contribution in [0.5, 0.6) is 0 Å². The molecule has 0 atom stereocenters. The Bertz CT molecular complexity index is 542. The molecule has 1 aromatic carbocycles. The molecule has 0 unspecified atom stereocenters. The molecule has 0 amide bonds. The number of aromatic nitrogens is 1. The zero-order valence-electron chi connectivity index (χ0n) is 9.46. The Kier molecular flexibility index (Phi) is 3.01. The first-order chi connectivity index (χ1) is 7.70. The maximum atomic E-state index is 11.1. The first kappa shape index (κ1) is 11.2. The Morgan fingerprint density at radius 1 is 1.44 bits per heavy atom. The molecule has 0 saturated heterocycles. The van der Waals surface area contributed by atoms with Crippen LogP contribution in [-0.2, 0) is 6.54 Å². The summed E-state index contributed by atoms with van der Waals surface area (Å²) in [6.07, 6.45) is 1.84. The SMILES string of the molecule is CCCn1c(Cl)c(C=O)c2cccc(C)c21. The van der Waals surface area contributed by atoms with Crippen molar-refractivity contribution in [2.45, 2.75) is 26.8 Å². The minimum atomic E-state index is 0.557. The third kappa shape index (κ3) is 1.54. The fourth-order valence-electron chi connectivity index (χ4n) is 2.13. The second kappa shape index (κ2) is 4.30. The van der Waals surface area contributed by atoms with Crippen molar-refractivity contribution in [3.05, 3.63) is 34.5 Å². The van der Waals surface area contributed by atoms with Gasteiger partial charge in [0.2, 0.25) is 0 Å². The summed E-state index contributed by atoms with van der Waals surface area (Å²) >= 11 is 6.23. The minimum Gasteiger partial charge on any atom is -0.331 e. The first-order valence-corrected chi connectivity index (χ1v) is 5.81. The molecule has 3 heteroatoms. The molecule has 1 heterocycles. The van der Waals surface area contributed by atoms with Crippen LogP contribution in [0.1, 0.15) is 29.3 Å². The van der Waals surface area contributed by atoms with Crippen LogP contribution in [0.4, 0.5) is 0 Å². The largest absolute Gasteiger partial charge is 0.331 e. The zero-order valence-corrected chi connectivity index (χ0v) is 10.2. The third-order valence-corrected chi connectivity index (χ3v) is 3.23. The van der Waals surface area contributed by atoms with E-state index in [1.807, 2.05) is 29.7 Å². The van der Waals surface area contributed by atoms with Crippen LogP contribution >= 0.6 is 11.6 Å². The fourth-order valence-corrected chi connectivity index (χ4v) is 2.45. The van der Waals surface area contributed by atoms with Crippen LogP contribution in [0, 0.1) is 6.92 Å². The van der Waals surface area contributed by atoms with Crippen molar-refractivity contribution in [3.63, 3.8) is 0 Å². The van der Waals surface area contributed by atoms with Gasteiger partial charge in [-0.2, -0.15) is 0 Å². The number of aryl methyl sites for hydroxylation is 2. The maximum absolute atomic E-state index is 11.1. The number of carbonyl (C=O) groups excluding carboxylic acids is 1. The predicted octanol–water partition coefficient (Wildman–Crippen LogP) is 3.83. The van der Waals surface area contributed by atoms with E-state index in [0.717, 1.165) is 35.7 Å². The zero-order chi connectivity index (χ0) is 11.7. The summed E-state index contributed by atoms with van der Waals surface area (Å²) in [5.41, 5.74) is 2.84. The van der Waals surface area contributed by atoms with Gasteiger partial charge in [0.05, 0.1) is 11.1 Å². The lowest BCUT2D eigenvalue weighted by Crippen LogP contribution is -1.97. The van der Waals surface area contributed by atoms with Crippen molar-refractivity contribution in [3.8, 4) is 0 Å². The summed E-state index contributed by atoms with van der Waals surface area (Å²) in [5.74, 6) is 0. The highest BCUT2D eigenvalue weighted by molar-refractivity contribution is 6.34. The lowest BCUT2D eigenvalue weighted by molar-refractivity contribution is 0.112. The first-order valence-electron chi connectivity index (χ1n) is 5.43. The van der Waals surface area contributed by atoms with Crippen LogP contribution in [0.2, 0.25) is 5.15 Å². The highest BCUT2D eigenvalue weighted by atomic mass is 35.5. The number of hydrogen-bond acceptors (Lipinski definition) is 1. The molecule has 0 radical (unpaired) electrons. The molecule has 16 heavy (non-hydrogen) atoms. The monoisotopic (exact) mass is 235 g/mol. The number of nitrogens with zero attached hydrogens (tertiary/aromatic N) is 1. The quantitative estimate of drug-likeness (QED) is 0.742. The van der Waals surface area contributed by atoms with Crippen molar-refractivity contribution in [2.75, 3.05) is 0 Å². The molecular weight excluding hydrogens is 222 g/mol. The molecule has 0 aliphatic carbocycles. The van der Waals surface area contributed by atoms with Gasteiger partial charge in [0.1, 0.15) is 5.15 Å². The van der Waals surface area contributed by atoms with Crippen LogP contribution in [0.25, 0.3) is 10.9 Å². The van der Waals surface area contributed by atoms with E-state index in [1.165, 1.54) is 0 Å². The number of carbonyl (C=O) groups is 1. The molecule has 0 aliphatic rings. The molecule has 0 fully saturated rings. The van der Waals surface area contributed by atoms with Crippen molar-refractivity contribution in [1.29, 1.82) is 0 Å². The van der Waals surface area contributed by atoms with E-state index in [1.54, 1.807) is 0 Å². The average Bonchev–Trinajstić information content (AvgIpc) is 2.54. The van der Waals surface area contributed by atoms with E-state index in [-0.39, 0.29) is 0 Å². The number of fused-ring (bicyclic) bond motifs is 1. The van der Waals surface area contributed by atoms with E-state index in [4.69, 9.17) is 11.6 Å². The van der Waals surface area contributed by atoms with Crippen LogP contribution in [0.15, 0.2) is 18.2 Å². The summed E-state index contributed by atoms with van der Waals surface area (Å²) < 4.78 is 2.02. The van der Waals surface area contributed by atoms with Gasteiger partial charge in [0, 0.05) is 11.9 Å².